The summed E-state index contributed by atoms with van der Waals surface area (Å²) in [5, 5.41) is 14.8. The number of hydrogen-bond acceptors (Lipinski definition) is 6. The Morgan fingerprint density at radius 3 is 2.81 bits per heavy atom. The SMILES string of the molecule is NC(=O)c1cc2c(C3CCCNC3)cc(-c3c(O)cccc3OCC3CC3)nc2[nH]c1=O. The molecule has 0 spiro atoms. The van der Waals surface area contributed by atoms with E-state index in [0.717, 1.165) is 44.3 Å². The number of fused-ring (bicyclic) bond motifs is 1. The van der Waals surface area contributed by atoms with Gasteiger partial charge in [-0.1, -0.05) is 6.07 Å². The minimum Gasteiger partial charge on any atom is -0.507 e. The van der Waals surface area contributed by atoms with E-state index >= 15 is 0 Å². The molecular formula is C24H26N4O4. The average molecular weight is 434 g/mol. The van der Waals surface area contributed by atoms with Gasteiger partial charge in [0.15, 0.2) is 0 Å². The molecule has 3 heterocycles. The molecule has 1 amide bonds. The number of carbonyl (C=O) groups is 1. The number of ether oxygens (including phenoxy) is 1. The van der Waals surface area contributed by atoms with E-state index in [2.05, 4.69) is 15.3 Å². The van der Waals surface area contributed by atoms with Crippen molar-refractivity contribution < 1.29 is 14.6 Å². The maximum atomic E-state index is 12.4. The number of pyridine rings is 2. The van der Waals surface area contributed by atoms with Crippen LogP contribution in [0.2, 0.25) is 0 Å². The molecule has 1 atom stereocenters. The number of phenolic OH excluding ortho intramolecular Hbond substituents is 1. The number of nitrogens with two attached hydrogens (primary N) is 1. The van der Waals surface area contributed by atoms with Crippen molar-refractivity contribution in [3.63, 3.8) is 0 Å². The fourth-order valence-corrected chi connectivity index (χ4v) is 4.36. The number of nitrogens with zero attached hydrogens (tertiary/aromatic N) is 1. The Balaban J connectivity index is 1.70. The summed E-state index contributed by atoms with van der Waals surface area (Å²) in [6.45, 7) is 2.33. The zero-order chi connectivity index (χ0) is 22.2. The van der Waals surface area contributed by atoms with Crippen LogP contribution in [0.1, 0.15) is 47.5 Å². The number of phenols is 1. The topological polar surface area (TPSA) is 130 Å². The molecule has 5 N–H and O–H groups in total. The summed E-state index contributed by atoms with van der Waals surface area (Å²) in [5.74, 6) is 0.575. The molecule has 0 radical (unpaired) electrons. The molecule has 1 unspecified atom stereocenters. The Morgan fingerprint density at radius 1 is 1.25 bits per heavy atom. The van der Waals surface area contributed by atoms with Gasteiger partial charge in [0.25, 0.3) is 11.5 Å². The second kappa shape index (κ2) is 8.27. The van der Waals surface area contributed by atoms with Crippen LogP contribution in [0.5, 0.6) is 11.5 Å². The van der Waals surface area contributed by atoms with Crippen LogP contribution in [0.15, 0.2) is 35.1 Å². The number of H-pyrrole nitrogens is 1. The van der Waals surface area contributed by atoms with Gasteiger partial charge in [-0.2, -0.15) is 0 Å². The van der Waals surface area contributed by atoms with Gasteiger partial charge in [0.2, 0.25) is 0 Å². The van der Waals surface area contributed by atoms with E-state index in [4.69, 9.17) is 10.5 Å². The lowest BCUT2D eigenvalue weighted by Gasteiger charge is -2.25. The first kappa shape index (κ1) is 20.5. The fraction of sp³-hybridized carbons (Fsp3) is 0.375. The standard InChI is InChI=1S/C24H26N4O4/c25-22(30)17-9-16-15(14-3-2-8-26-11-14)10-18(27-23(16)28-24(17)31)21-19(29)4-1-5-20(21)32-12-13-6-7-13/h1,4-5,9-10,13-14,26,29H,2-3,6-8,11-12H2,(H2,25,30)(H,27,28,31). The van der Waals surface area contributed by atoms with Crippen molar-refractivity contribution in [2.45, 2.75) is 31.6 Å². The number of primary amides is 1. The van der Waals surface area contributed by atoms with E-state index in [-0.39, 0.29) is 17.2 Å². The Bertz CT molecular complexity index is 1240. The number of carbonyl (C=O) groups excluding carboxylic acids is 1. The van der Waals surface area contributed by atoms with Gasteiger partial charge in [0.1, 0.15) is 22.7 Å². The Kier molecular flexibility index (Phi) is 5.30. The van der Waals surface area contributed by atoms with Gasteiger partial charge in [0, 0.05) is 11.9 Å². The third-order valence-electron chi connectivity index (χ3n) is 6.29. The van der Waals surface area contributed by atoms with E-state index in [1.807, 2.05) is 12.1 Å². The van der Waals surface area contributed by atoms with Crippen LogP contribution >= 0.6 is 0 Å². The highest BCUT2D eigenvalue weighted by molar-refractivity contribution is 5.97. The third kappa shape index (κ3) is 3.93. The predicted octanol–water partition coefficient (Wildman–Crippen LogP) is 2.65. The van der Waals surface area contributed by atoms with Crippen LogP contribution in [0.3, 0.4) is 0 Å². The van der Waals surface area contributed by atoms with Crippen LogP contribution in [-0.2, 0) is 0 Å². The van der Waals surface area contributed by atoms with Gasteiger partial charge in [-0.3, -0.25) is 9.59 Å². The van der Waals surface area contributed by atoms with Crippen LogP contribution in [0.25, 0.3) is 22.3 Å². The van der Waals surface area contributed by atoms with Gasteiger partial charge in [-0.15, -0.1) is 0 Å². The van der Waals surface area contributed by atoms with Crippen LogP contribution < -0.4 is 21.3 Å². The normalized spacial score (nSPS) is 18.6. The van der Waals surface area contributed by atoms with Crippen LogP contribution in [0.4, 0.5) is 0 Å². The zero-order valence-electron chi connectivity index (χ0n) is 17.7. The predicted molar refractivity (Wildman–Crippen MR) is 121 cm³/mol. The van der Waals surface area contributed by atoms with Gasteiger partial charge in [-0.25, -0.2) is 4.98 Å². The molecule has 1 aromatic carbocycles. The minimum absolute atomic E-state index is 0.0639. The number of aromatic amines is 1. The average Bonchev–Trinajstić information content (AvgIpc) is 3.61. The number of amides is 1. The van der Waals surface area contributed by atoms with E-state index in [1.165, 1.54) is 6.07 Å². The van der Waals surface area contributed by atoms with Crippen molar-refractivity contribution in [1.29, 1.82) is 0 Å². The van der Waals surface area contributed by atoms with Crippen molar-refractivity contribution >= 4 is 16.9 Å². The summed E-state index contributed by atoms with van der Waals surface area (Å²) in [7, 11) is 0. The van der Waals surface area contributed by atoms with E-state index in [0.29, 0.717) is 40.6 Å². The van der Waals surface area contributed by atoms with E-state index in [9.17, 15) is 14.7 Å². The molecule has 5 rings (SSSR count). The number of piperidine rings is 1. The lowest BCUT2D eigenvalue weighted by Crippen LogP contribution is -2.29. The van der Waals surface area contributed by atoms with Crippen molar-refractivity contribution in [3.05, 3.63) is 51.8 Å². The second-order valence-corrected chi connectivity index (χ2v) is 8.68. The van der Waals surface area contributed by atoms with Crippen LogP contribution in [0, 0.1) is 5.92 Å². The molecule has 1 aliphatic heterocycles. The monoisotopic (exact) mass is 434 g/mol. The minimum atomic E-state index is -0.776. The smallest absolute Gasteiger partial charge is 0.262 e. The van der Waals surface area contributed by atoms with Gasteiger partial charge < -0.3 is 25.9 Å². The number of aromatic hydroxyl groups is 1. The number of rotatable bonds is 6. The summed E-state index contributed by atoms with van der Waals surface area (Å²) >= 11 is 0. The molecule has 8 heteroatoms. The molecule has 2 aromatic heterocycles. The summed E-state index contributed by atoms with van der Waals surface area (Å²) in [6.07, 6.45) is 4.29. The summed E-state index contributed by atoms with van der Waals surface area (Å²) in [4.78, 5) is 31.6. The number of hydrogen-bond donors (Lipinski definition) is 4. The van der Waals surface area contributed by atoms with Crippen molar-refractivity contribution in [2.75, 3.05) is 19.7 Å². The van der Waals surface area contributed by atoms with Gasteiger partial charge >= 0.3 is 0 Å². The fourth-order valence-electron chi connectivity index (χ4n) is 4.36. The largest absolute Gasteiger partial charge is 0.507 e. The Hall–Kier alpha value is -3.39. The summed E-state index contributed by atoms with van der Waals surface area (Å²) < 4.78 is 6.02. The third-order valence-corrected chi connectivity index (χ3v) is 6.29. The lowest BCUT2D eigenvalue weighted by atomic mass is 9.88. The molecule has 3 aromatic rings. The molecule has 32 heavy (non-hydrogen) atoms. The molecule has 1 saturated carbocycles. The number of benzene rings is 1. The maximum absolute atomic E-state index is 12.4. The highest BCUT2D eigenvalue weighted by Gasteiger charge is 2.25. The Labute approximate surface area is 184 Å². The first-order valence-electron chi connectivity index (χ1n) is 11.0. The van der Waals surface area contributed by atoms with E-state index < -0.39 is 11.5 Å². The molecule has 2 fully saturated rings. The number of aromatic nitrogens is 2. The van der Waals surface area contributed by atoms with Crippen molar-refractivity contribution in [2.24, 2.45) is 11.7 Å². The van der Waals surface area contributed by atoms with Crippen LogP contribution in [-0.4, -0.2) is 40.7 Å². The molecular weight excluding hydrogens is 408 g/mol. The lowest BCUT2D eigenvalue weighted by molar-refractivity contribution is 0.0999. The molecule has 1 aliphatic carbocycles. The molecule has 1 saturated heterocycles. The molecule has 2 aliphatic rings. The molecule has 166 valence electrons. The van der Waals surface area contributed by atoms with Gasteiger partial charge in [0.05, 0.1) is 17.9 Å². The molecule has 0 bridgehead atoms. The first-order valence-corrected chi connectivity index (χ1v) is 11.0. The highest BCUT2D eigenvalue weighted by Crippen LogP contribution is 2.41. The van der Waals surface area contributed by atoms with Crippen molar-refractivity contribution in [1.82, 2.24) is 15.3 Å². The zero-order valence-corrected chi connectivity index (χ0v) is 17.7. The summed E-state index contributed by atoms with van der Waals surface area (Å²) in [5.41, 5.74) is 7.07. The van der Waals surface area contributed by atoms with Gasteiger partial charge in [-0.05, 0) is 73.9 Å². The Morgan fingerprint density at radius 2 is 2.09 bits per heavy atom. The van der Waals surface area contributed by atoms with Crippen molar-refractivity contribution in [3.8, 4) is 22.8 Å². The highest BCUT2D eigenvalue weighted by atomic mass is 16.5. The molecule has 8 nitrogen and oxygen atoms in total. The quantitative estimate of drug-likeness (QED) is 0.472. The van der Waals surface area contributed by atoms with E-state index in [1.54, 1.807) is 12.1 Å². The summed E-state index contributed by atoms with van der Waals surface area (Å²) in [6, 6.07) is 8.64. The second-order valence-electron chi connectivity index (χ2n) is 8.68. The maximum Gasteiger partial charge on any atom is 0.262 e. The first-order chi connectivity index (χ1) is 15.5. The number of nitrogens with one attached hydrogen (secondary N) is 2.